The predicted molar refractivity (Wildman–Crippen MR) is 73.3 cm³/mol. The van der Waals surface area contributed by atoms with Crippen molar-refractivity contribution in [1.82, 2.24) is 5.32 Å². The van der Waals surface area contributed by atoms with Crippen molar-refractivity contribution in [3.05, 3.63) is 23.3 Å². The fraction of sp³-hybridized carbons (Fsp3) is 0.500. The summed E-state index contributed by atoms with van der Waals surface area (Å²) in [6.45, 7) is 6.22. The molecule has 0 saturated carbocycles. The molecule has 1 amide bonds. The Balaban J connectivity index is 3.20. The smallest absolute Gasteiger partial charge is 0.404 e. The molecule has 0 saturated heterocycles. The quantitative estimate of drug-likeness (QED) is 0.860. The maximum absolute atomic E-state index is 10.7. The highest BCUT2D eigenvalue weighted by Crippen LogP contribution is 2.37. The standard InChI is InChI=1S/C14H21NO4/c1-9-6-10(18-4)7-11(19-5)12(9)14(2,3)8-15-13(16)17/h6-7,15H,8H2,1-5H3,(H,16,17). The monoisotopic (exact) mass is 267 g/mol. The molecule has 0 unspecified atom stereocenters. The van der Waals surface area contributed by atoms with E-state index in [1.165, 1.54) is 0 Å². The van der Waals surface area contributed by atoms with Gasteiger partial charge in [-0.3, -0.25) is 0 Å². The second-order valence-corrected chi connectivity index (χ2v) is 5.06. The van der Waals surface area contributed by atoms with Crippen LogP contribution in [-0.4, -0.2) is 32.0 Å². The van der Waals surface area contributed by atoms with Crippen LogP contribution < -0.4 is 14.8 Å². The van der Waals surface area contributed by atoms with Crippen LogP contribution in [0.4, 0.5) is 4.79 Å². The molecule has 0 spiro atoms. The number of nitrogens with one attached hydrogen (secondary N) is 1. The van der Waals surface area contributed by atoms with Gasteiger partial charge in [0.05, 0.1) is 14.2 Å². The average molecular weight is 267 g/mol. The molecule has 0 aliphatic carbocycles. The molecule has 0 bridgehead atoms. The van der Waals surface area contributed by atoms with E-state index >= 15 is 0 Å². The Labute approximate surface area is 113 Å². The highest BCUT2D eigenvalue weighted by Gasteiger charge is 2.27. The summed E-state index contributed by atoms with van der Waals surface area (Å²) < 4.78 is 10.6. The molecule has 2 N–H and O–H groups in total. The third-order valence-electron chi connectivity index (χ3n) is 3.09. The van der Waals surface area contributed by atoms with Crippen molar-refractivity contribution in [3.8, 4) is 11.5 Å². The minimum atomic E-state index is -1.03. The number of ether oxygens (including phenoxy) is 2. The second-order valence-electron chi connectivity index (χ2n) is 5.06. The lowest BCUT2D eigenvalue weighted by Gasteiger charge is -2.29. The van der Waals surface area contributed by atoms with Crippen LogP contribution >= 0.6 is 0 Å². The van der Waals surface area contributed by atoms with Crippen LogP contribution in [0, 0.1) is 6.92 Å². The fourth-order valence-electron chi connectivity index (χ4n) is 2.25. The fourth-order valence-corrected chi connectivity index (χ4v) is 2.25. The van der Waals surface area contributed by atoms with E-state index in [2.05, 4.69) is 5.32 Å². The van der Waals surface area contributed by atoms with E-state index < -0.39 is 6.09 Å². The van der Waals surface area contributed by atoms with Crippen LogP contribution in [0.25, 0.3) is 0 Å². The number of rotatable bonds is 5. The van der Waals surface area contributed by atoms with Gasteiger partial charge in [-0.25, -0.2) is 4.79 Å². The lowest BCUT2D eigenvalue weighted by Crippen LogP contribution is -2.36. The van der Waals surface area contributed by atoms with E-state index in [9.17, 15) is 4.79 Å². The highest BCUT2D eigenvalue weighted by atomic mass is 16.5. The summed E-state index contributed by atoms with van der Waals surface area (Å²) in [4.78, 5) is 10.7. The Bertz CT molecular complexity index is 469. The molecule has 5 heteroatoms. The Morgan fingerprint density at radius 2 is 1.95 bits per heavy atom. The topological polar surface area (TPSA) is 67.8 Å². The third kappa shape index (κ3) is 3.53. The van der Waals surface area contributed by atoms with E-state index in [4.69, 9.17) is 14.6 Å². The van der Waals surface area contributed by atoms with Gasteiger partial charge >= 0.3 is 6.09 Å². The molecular formula is C14H21NO4. The molecule has 106 valence electrons. The van der Waals surface area contributed by atoms with Crippen molar-refractivity contribution >= 4 is 6.09 Å². The van der Waals surface area contributed by atoms with Crippen molar-refractivity contribution in [2.45, 2.75) is 26.2 Å². The molecule has 0 atom stereocenters. The third-order valence-corrected chi connectivity index (χ3v) is 3.09. The minimum Gasteiger partial charge on any atom is -0.497 e. The van der Waals surface area contributed by atoms with E-state index in [0.29, 0.717) is 12.3 Å². The number of hydrogen-bond donors (Lipinski definition) is 2. The second kappa shape index (κ2) is 5.82. The van der Waals surface area contributed by atoms with Crippen molar-refractivity contribution in [1.29, 1.82) is 0 Å². The average Bonchev–Trinajstić information content (AvgIpc) is 2.35. The van der Waals surface area contributed by atoms with Gasteiger partial charge < -0.3 is 19.9 Å². The SMILES string of the molecule is COc1cc(C)c(C(C)(C)CNC(=O)O)c(OC)c1. The minimum absolute atomic E-state index is 0.311. The predicted octanol–water partition coefficient (Wildman–Crippen LogP) is 2.56. The first-order valence-electron chi connectivity index (χ1n) is 6.01. The van der Waals surface area contributed by atoms with Gasteiger partial charge in [0, 0.05) is 23.6 Å². The van der Waals surface area contributed by atoms with Crippen molar-refractivity contribution in [2.24, 2.45) is 0 Å². The summed E-state index contributed by atoms with van der Waals surface area (Å²) in [6.07, 6.45) is -1.03. The first-order valence-corrected chi connectivity index (χ1v) is 6.01. The van der Waals surface area contributed by atoms with E-state index in [-0.39, 0.29) is 5.41 Å². The first kappa shape index (κ1) is 15.1. The molecule has 0 heterocycles. The maximum atomic E-state index is 10.7. The van der Waals surface area contributed by atoms with Crippen LogP contribution in [0.5, 0.6) is 11.5 Å². The lowest BCUT2D eigenvalue weighted by atomic mass is 9.81. The lowest BCUT2D eigenvalue weighted by molar-refractivity contribution is 0.191. The number of methoxy groups -OCH3 is 2. The largest absolute Gasteiger partial charge is 0.497 e. The first-order chi connectivity index (χ1) is 8.81. The van der Waals surface area contributed by atoms with E-state index in [1.54, 1.807) is 14.2 Å². The summed E-state index contributed by atoms with van der Waals surface area (Å²) in [5.74, 6) is 1.43. The van der Waals surface area contributed by atoms with Crippen LogP contribution in [0.15, 0.2) is 12.1 Å². The Kier molecular flexibility index (Phi) is 4.64. The van der Waals surface area contributed by atoms with Gasteiger partial charge in [-0.2, -0.15) is 0 Å². The van der Waals surface area contributed by atoms with Gasteiger partial charge in [0.25, 0.3) is 0 Å². The number of benzene rings is 1. The molecule has 1 rings (SSSR count). The number of amides is 1. The van der Waals surface area contributed by atoms with Crippen LogP contribution in [0.1, 0.15) is 25.0 Å². The molecule has 19 heavy (non-hydrogen) atoms. The molecule has 0 aliphatic heterocycles. The van der Waals surface area contributed by atoms with Crippen molar-refractivity contribution < 1.29 is 19.4 Å². The van der Waals surface area contributed by atoms with Gasteiger partial charge in [-0.1, -0.05) is 13.8 Å². The zero-order chi connectivity index (χ0) is 14.6. The van der Waals surface area contributed by atoms with E-state index in [0.717, 1.165) is 16.9 Å². The van der Waals surface area contributed by atoms with Gasteiger partial charge in [0.15, 0.2) is 0 Å². The van der Waals surface area contributed by atoms with E-state index in [1.807, 2.05) is 32.9 Å². The Morgan fingerprint density at radius 1 is 1.32 bits per heavy atom. The van der Waals surface area contributed by atoms with Crippen molar-refractivity contribution in [2.75, 3.05) is 20.8 Å². The summed E-state index contributed by atoms with van der Waals surface area (Å²) in [6, 6.07) is 3.73. The summed E-state index contributed by atoms with van der Waals surface area (Å²) in [5, 5.41) is 11.2. The van der Waals surface area contributed by atoms with Gasteiger partial charge in [0.2, 0.25) is 0 Å². The summed E-state index contributed by atoms with van der Waals surface area (Å²) in [5.41, 5.74) is 1.61. The molecule has 0 aliphatic rings. The van der Waals surface area contributed by atoms with Gasteiger partial charge in [0.1, 0.15) is 11.5 Å². The molecule has 1 aromatic carbocycles. The zero-order valence-corrected chi connectivity index (χ0v) is 12.0. The summed E-state index contributed by atoms with van der Waals surface area (Å²) >= 11 is 0. The van der Waals surface area contributed by atoms with Crippen LogP contribution in [0.2, 0.25) is 0 Å². The number of aryl methyl sites for hydroxylation is 1. The number of carbonyl (C=O) groups is 1. The van der Waals surface area contributed by atoms with Gasteiger partial charge in [-0.15, -0.1) is 0 Å². The highest BCUT2D eigenvalue weighted by molar-refractivity contribution is 5.64. The Hall–Kier alpha value is -1.91. The van der Waals surface area contributed by atoms with Crippen LogP contribution in [0.3, 0.4) is 0 Å². The number of hydrogen-bond acceptors (Lipinski definition) is 3. The number of carboxylic acid groups (broad SMARTS) is 1. The van der Waals surface area contributed by atoms with Crippen LogP contribution in [-0.2, 0) is 5.41 Å². The molecule has 0 radical (unpaired) electrons. The maximum Gasteiger partial charge on any atom is 0.404 e. The molecule has 0 fully saturated rings. The molecule has 5 nitrogen and oxygen atoms in total. The zero-order valence-electron chi connectivity index (χ0n) is 12.0. The summed E-state index contributed by atoms with van der Waals surface area (Å²) in [7, 11) is 3.20. The molecule has 1 aromatic rings. The normalized spacial score (nSPS) is 11.0. The van der Waals surface area contributed by atoms with Crippen molar-refractivity contribution in [3.63, 3.8) is 0 Å². The molecular weight excluding hydrogens is 246 g/mol. The molecule has 0 aromatic heterocycles. The Morgan fingerprint density at radius 3 is 2.42 bits per heavy atom. The van der Waals surface area contributed by atoms with Gasteiger partial charge in [-0.05, 0) is 18.6 Å².